The Bertz CT molecular complexity index is 909. The molecule has 0 amide bonds. The molecule has 0 aliphatic rings. The summed E-state index contributed by atoms with van der Waals surface area (Å²) in [7, 11) is -4.14. The first-order valence-electron chi connectivity index (χ1n) is 8.38. The van der Waals surface area contributed by atoms with Gasteiger partial charge in [-0.25, -0.2) is 4.57 Å². The average molecular weight is 378 g/mol. The number of hydrogen-bond donors (Lipinski definition) is 1. The number of para-hydroxylation sites is 2. The maximum atomic E-state index is 11.7. The Labute approximate surface area is 158 Å². The molecular weight excluding hydrogens is 359 g/mol. The summed E-state index contributed by atoms with van der Waals surface area (Å²) in [5, 5.41) is 2.62. The van der Waals surface area contributed by atoms with Crippen LogP contribution in [0.25, 0.3) is 10.8 Å². The third-order valence-electron chi connectivity index (χ3n) is 3.59. The largest absolute Gasteiger partial charge is 0.584 e. The van der Waals surface area contributed by atoms with E-state index in [0.29, 0.717) is 0 Å². The van der Waals surface area contributed by atoms with E-state index in [4.69, 9.17) is 9.05 Å². The molecule has 0 spiro atoms. The lowest BCUT2D eigenvalue weighted by atomic mass is 10.1. The smallest absolute Gasteiger partial charge is 0.395 e. The van der Waals surface area contributed by atoms with Gasteiger partial charge in [0.25, 0.3) is 0 Å². The Morgan fingerprint density at radius 3 is 1.15 bits per heavy atom. The first-order valence-corrected chi connectivity index (χ1v) is 9.88. The van der Waals surface area contributed by atoms with Gasteiger partial charge in [0.15, 0.2) is 0 Å². The summed E-state index contributed by atoms with van der Waals surface area (Å²) in [5.41, 5.74) is 0. The number of rotatable bonds is 4. The third-order valence-corrected chi connectivity index (χ3v) is 4.47. The lowest BCUT2D eigenvalue weighted by molar-refractivity contribution is 0.291. The van der Waals surface area contributed by atoms with Crippen molar-refractivity contribution < 1.29 is 18.5 Å². The van der Waals surface area contributed by atoms with E-state index >= 15 is 0 Å². The van der Waals surface area contributed by atoms with E-state index in [1.807, 2.05) is 0 Å². The fourth-order valence-corrected chi connectivity index (χ4v) is 3.19. The zero-order valence-corrected chi connectivity index (χ0v) is 15.4. The zero-order valence-electron chi connectivity index (χ0n) is 14.5. The van der Waals surface area contributed by atoms with Gasteiger partial charge in [-0.2, -0.15) is 0 Å². The molecule has 0 atom stereocenters. The van der Waals surface area contributed by atoms with Crippen LogP contribution in [0, 0.1) is 0 Å². The van der Waals surface area contributed by atoms with Crippen LogP contribution < -0.4 is 9.05 Å². The zero-order chi connectivity index (χ0) is 19.0. The monoisotopic (exact) mass is 378 g/mol. The first kappa shape index (κ1) is 18.7. The van der Waals surface area contributed by atoms with Gasteiger partial charge < -0.3 is 9.05 Å². The molecule has 0 radical (unpaired) electrons. The van der Waals surface area contributed by atoms with Crippen LogP contribution in [0.1, 0.15) is 0 Å². The van der Waals surface area contributed by atoms with Crippen LogP contribution in [-0.2, 0) is 4.57 Å². The molecule has 136 valence electrons. The molecule has 0 aromatic heterocycles. The van der Waals surface area contributed by atoms with Crippen molar-refractivity contribution in [1.82, 2.24) is 0 Å². The van der Waals surface area contributed by atoms with Crippen molar-refractivity contribution in [2.75, 3.05) is 0 Å². The van der Waals surface area contributed by atoms with Gasteiger partial charge in [-0.05, 0) is 35.0 Å². The Morgan fingerprint density at radius 1 is 0.519 bits per heavy atom. The summed E-state index contributed by atoms with van der Waals surface area (Å²) in [6.07, 6.45) is 0. The molecule has 0 heterocycles. The van der Waals surface area contributed by atoms with Crippen LogP contribution in [0.2, 0.25) is 0 Å². The van der Waals surface area contributed by atoms with Crippen molar-refractivity contribution in [3.63, 3.8) is 0 Å². The van der Waals surface area contributed by atoms with Crippen molar-refractivity contribution in [2.45, 2.75) is 0 Å². The number of benzene rings is 4. The molecule has 4 nitrogen and oxygen atoms in total. The third kappa shape index (κ3) is 6.00. The molecule has 0 fully saturated rings. The molecule has 0 unspecified atom stereocenters. The summed E-state index contributed by atoms with van der Waals surface area (Å²) < 4.78 is 21.5. The fourth-order valence-electron chi connectivity index (χ4n) is 2.38. The average Bonchev–Trinajstić information content (AvgIpc) is 2.69. The van der Waals surface area contributed by atoms with Crippen molar-refractivity contribution in [3.8, 4) is 11.5 Å². The summed E-state index contributed by atoms with van der Waals surface area (Å²) in [5.74, 6) is 0.573. The van der Waals surface area contributed by atoms with E-state index in [0.717, 1.165) is 0 Å². The molecule has 0 aliphatic heterocycles. The van der Waals surface area contributed by atoms with Crippen molar-refractivity contribution in [1.29, 1.82) is 0 Å². The van der Waals surface area contributed by atoms with Crippen LogP contribution in [0.5, 0.6) is 11.5 Å². The standard InChI is InChI=1S/C12H11O4P.C10H8/c13-17(14,15-11-7-3-1-4-8-11)16-12-9-5-2-6-10-12;1-2-6-10-8-4-3-7-9(10)5-1/h1-10H,(H,13,14);1-8H. The summed E-state index contributed by atoms with van der Waals surface area (Å²) in [6.45, 7) is 0. The highest BCUT2D eigenvalue weighted by Crippen LogP contribution is 2.44. The van der Waals surface area contributed by atoms with E-state index in [1.54, 1.807) is 60.7 Å². The van der Waals surface area contributed by atoms with Crippen LogP contribution >= 0.6 is 7.82 Å². The second-order valence-corrected chi connectivity index (χ2v) is 6.93. The maximum absolute atomic E-state index is 11.7. The predicted molar refractivity (Wildman–Crippen MR) is 108 cm³/mol. The molecule has 4 aromatic rings. The van der Waals surface area contributed by atoms with E-state index in [1.165, 1.54) is 10.8 Å². The van der Waals surface area contributed by atoms with Crippen LogP contribution in [-0.4, -0.2) is 4.89 Å². The Balaban J connectivity index is 0.000000177. The molecule has 5 heteroatoms. The topological polar surface area (TPSA) is 55.8 Å². The minimum atomic E-state index is -4.14. The molecule has 4 rings (SSSR count). The SMILES string of the molecule is O=P(O)(Oc1ccccc1)Oc1ccccc1.c1ccc2ccccc2c1. The number of hydrogen-bond acceptors (Lipinski definition) is 3. The second kappa shape index (κ2) is 9.04. The highest BCUT2D eigenvalue weighted by molar-refractivity contribution is 7.48. The quantitative estimate of drug-likeness (QED) is 0.437. The minimum absolute atomic E-state index is 0.286. The lowest BCUT2D eigenvalue weighted by Crippen LogP contribution is -1.99. The predicted octanol–water partition coefficient (Wildman–Crippen LogP) is 6.08. The fraction of sp³-hybridized carbons (Fsp3) is 0. The van der Waals surface area contributed by atoms with E-state index in [2.05, 4.69) is 48.5 Å². The van der Waals surface area contributed by atoms with Crippen molar-refractivity contribution in [3.05, 3.63) is 109 Å². The van der Waals surface area contributed by atoms with Gasteiger partial charge in [-0.3, -0.25) is 4.89 Å². The molecule has 1 N–H and O–H groups in total. The van der Waals surface area contributed by atoms with Gasteiger partial charge in [0.2, 0.25) is 0 Å². The number of phosphoric acid groups is 1. The van der Waals surface area contributed by atoms with E-state index < -0.39 is 7.82 Å². The summed E-state index contributed by atoms with van der Waals surface area (Å²) >= 11 is 0. The maximum Gasteiger partial charge on any atom is 0.584 e. The lowest BCUT2D eigenvalue weighted by Gasteiger charge is -2.13. The van der Waals surface area contributed by atoms with Gasteiger partial charge >= 0.3 is 7.82 Å². The van der Waals surface area contributed by atoms with Gasteiger partial charge in [0.1, 0.15) is 11.5 Å². The van der Waals surface area contributed by atoms with Crippen LogP contribution in [0.15, 0.2) is 109 Å². The normalized spacial score (nSPS) is 10.6. The van der Waals surface area contributed by atoms with Gasteiger partial charge in [-0.15, -0.1) is 0 Å². The number of fused-ring (bicyclic) bond motifs is 1. The van der Waals surface area contributed by atoms with Crippen molar-refractivity contribution in [2.24, 2.45) is 0 Å². The van der Waals surface area contributed by atoms with Gasteiger partial charge in [0, 0.05) is 0 Å². The highest BCUT2D eigenvalue weighted by Gasteiger charge is 2.24. The van der Waals surface area contributed by atoms with Crippen molar-refractivity contribution >= 4 is 18.6 Å². The molecule has 0 saturated heterocycles. The van der Waals surface area contributed by atoms with Crippen LogP contribution in [0.3, 0.4) is 0 Å². The highest BCUT2D eigenvalue weighted by atomic mass is 31.2. The van der Waals surface area contributed by atoms with Gasteiger partial charge in [0.05, 0.1) is 0 Å². The molecule has 27 heavy (non-hydrogen) atoms. The van der Waals surface area contributed by atoms with E-state index in [-0.39, 0.29) is 11.5 Å². The molecule has 0 bridgehead atoms. The second-order valence-electron chi connectivity index (χ2n) is 5.62. The Morgan fingerprint density at radius 2 is 0.815 bits per heavy atom. The van der Waals surface area contributed by atoms with Gasteiger partial charge in [-0.1, -0.05) is 84.9 Å². The number of phosphoric ester groups is 1. The minimum Gasteiger partial charge on any atom is -0.395 e. The van der Waals surface area contributed by atoms with E-state index in [9.17, 15) is 9.46 Å². The first-order chi connectivity index (χ1) is 13.1. The molecule has 0 saturated carbocycles. The molecule has 4 aromatic carbocycles. The van der Waals surface area contributed by atoms with Crippen LogP contribution in [0.4, 0.5) is 0 Å². The Kier molecular flexibility index (Phi) is 6.26. The Hall–Kier alpha value is -3.07. The molecule has 0 aliphatic carbocycles. The summed E-state index contributed by atoms with van der Waals surface area (Å²) in [4.78, 5) is 9.53. The molecular formula is C22H19O4P. The summed E-state index contributed by atoms with van der Waals surface area (Å²) in [6, 6.07) is 33.4.